The lowest BCUT2D eigenvalue weighted by Gasteiger charge is -2.25. The Morgan fingerprint density at radius 3 is 1.93 bits per heavy atom. The van der Waals surface area contributed by atoms with E-state index < -0.39 is 0 Å². The molecular weight excluding hydrogens is 250 g/mol. The summed E-state index contributed by atoms with van der Waals surface area (Å²) in [6.45, 7) is 9.17. The molecule has 3 N–H and O–H groups in total. The van der Waals surface area contributed by atoms with Crippen molar-refractivity contribution >= 4 is 15.9 Å². The van der Waals surface area contributed by atoms with E-state index >= 15 is 0 Å². The second-order valence-corrected chi connectivity index (χ2v) is 7.07. The van der Waals surface area contributed by atoms with Gasteiger partial charge in [-0.15, -0.1) is 0 Å². The van der Waals surface area contributed by atoms with E-state index in [0.29, 0.717) is 4.32 Å². The van der Waals surface area contributed by atoms with Gasteiger partial charge in [0, 0.05) is 4.32 Å². The van der Waals surface area contributed by atoms with Gasteiger partial charge in [-0.3, -0.25) is 0 Å². The standard InChI is InChI=1S/C13H27Br.H3N/c1-5-6-7-8-9-10-11-12(2)13(3,4)14;/h12H,5-11H2,1-4H3;1H3. The fourth-order valence-corrected chi connectivity index (χ4v) is 1.80. The highest BCUT2D eigenvalue weighted by molar-refractivity contribution is 9.10. The molecule has 1 atom stereocenters. The van der Waals surface area contributed by atoms with Crippen molar-refractivity contribution in [3.05, 3.63) is 0 Å². The first-order valence-corrected chi connectivity index (χ1v) is 6.96. The van der Waals surface area contributed by atoms with Gasteiger partial charge in [-0.25, -0.2) is 0 Å². The van der Waals surface area contributed by atoms with Crippen LogP contribution in [-0.2, 0) is 0 Å². The van der Waals surface area contributed by atoms with E-state index in [9.17, 15) is 0 Å². The SMILES string of the molecule is CCCCCCCCC(C)C(C)(C)Br.N. The molecule has 0 aliphatic carbocycles. The van der Waals surface area contributed by atoms with E-state index in [-0.39, 0.29) is 6.15 Å². The monoisotopic (exact) mass is 279 g/mol. The van der Waals surface area contributed by atoms with Gasteiger partial charge in [-0.2, -0.15) is 0 Å². The maximum absolute atomic E-state index is 3.74. The largest absolute Gasteiger partial charge is 0.344 e. The van der Waals surface area contributed by atoms with Gasteiger partial charge in [0.2, 0.25) is 0 Å². The van der Waals surface area contributed by atoms with E-state index in [0.717, 1.165) is 5.92 Å². The van der Waals surface area contributed by atoms with Gasteiger partial charge in [0.1, 0.15) is 0 Å². The zero-order valence-electron chi connectivity index (χ0n) is 11.1. The Bertz CT molecular complexity index is 129. The van der Waals surface area contributed by atoms with Gasteiger partial charge in [0.15, 0.2) is 0 Å². The van der Waals surface area contributed by atoms with Crippen molar-refractivity contribution in [1.29, 1.82) is 0 Å². The second kappa shape index (κ2) is 9.65. The van der Waals surface area contributed by atoms with Crippen LogP contribution in [0, 0.1) is 5.92 Å². The predicted octanol–water partition coefficient (Wildman–Crippen LogP) is 5.71. The van der Waals surface area contributed by atoms with Crippen LogP contribution >= 0.6 is 15.9 Å². The molecule has 15 heavy (non-hydrogen) atoms. The number of rotatable bonds is 8. The summed E-state index contributed by atoms with van der Waals surface area (Å²) in [7, 11) is 0. The minimum Gasteiger partial charge on any atom is -0.344 e. The van der Waals surface area contributed by atoms with Gasteiger partial charge in [0.05, 0.1) is 0 Å². The van der Waals surface area contributed by atoms with Crippen molar-refractivity contribution in [2.24, 2.45) is 5.92 Å². The lowest BCUT2D eigenvalue weighted by atomic mass is 9.92. The molecule has 0 rings (SSSR count). The molecule has 0 aromatic carbocycles. The van der Waals surface area contributed by atoms with Gasteiger partial charge in [-0.1, -0.05) is 68.3 Å². The highest BCUT2D eigenvalue weighted by Gasteiger charge is 2.20. The predicted molar refractivity (Wildman–Crippen MR) is 75.2 cm³/mol. The van der Waals surface area contributed by atoms with Crippen molar-refractivity contribution in [2.45, 2.75) is 77.0 Å². The van der Waals surface area contributed by atoms with Crippen molar-refractivity contribution in [3.63, 3.8) is 0 Å². The summed E-state index contributed by atoms with van der Waals surface area (Å²) < 4.78 is 0.316. The Hall–Kier alpha value is 0.440. The number of hydrogen-bond donors (Lipinski definition) is 1. The Morgan fingerprint density at radius 1 is 1.00 bits per heavy atom. The van der Waals surface area contributed by atoms with Crippen LogP contribution in [0.3, 0.4) is 0 Å². The van der Waals surface area contributed by atoms with E-state index in [4.69, 9.17) is 0 Å². The summed E-state index contributed by atoms with van der Waals surface area (Å²) in [4.78, 5) is 0. The molecule has 0 aliphatic rings. The van der Waals surface area contributed by atoms with E-state index in [1.807, 2.05) is 0 Å². The number of halogens is 1. The summed E-state index contributed by atoms with van der Waals surface area (Å²) in [6.07, 6.45) is 9.83. The molecule has 0 saturated carbocycles. The van der Waals surface area contributed by atoms with E-state index in [2.05, 4.69) is 43.6 Å². The summed E-state index contributed by atoms with van der Waals surface area (Å²) in [5, 5.41) is 0. The quantitative estimate of drug-likeness (QED) is 0.448. The molecule has 1 unspecified atom stereocenters. The third-order valence-electron chi connectivity index (χ3n) is 3.16. The van der Waals surface area contributed by atoms with Gasteiger partial charge in [-0.05, 0) is 26.2 Å². The normalized spacial score (nSPS) is 13.4. The minimum atomic E-state index is 0. The summed E-state index contributed by atoms with van der Waals surface area (Å²) in [6, 6.07) is 0. The van der Waals surface area contributed by atoms with Crippen molar-refractivity contribution in [1.82, 2.24) is 6.15 Å². The number of hydrogen-bond acceptors (Lipinski definition) is 1. The molecule has 0 aliphatic heterocycles. The maximum Gasteiger partial charge on any atom is 0.0227 e. The molecule has 1 nitrogen and oxygen atoms in total. The fourth-order valence-electron chi connectivity index (χ4n) is 1.57. The molecule has 0 radical (unpaired) electrons. The second-order valence-electron chi connectivity index (χ2n) is 5.02. The Labute approximate surface area is 105 Å². The molecule has 94 valence electrons. The first-order chi connectivity index (χ1) is 6.48. The minimum absolute atomic E-state index is 0. The van der Waals surface area contributed by atoms with Crippen molar-refractivity contribution in [2.75, 3.05) is 0 Å². The zero-order chi connectivity index (χ0) is 11.0. The Morgan fingerprint density at radius 2 is 1.47 bits per heavy atom. The molecule has 0 aromatic rings. The highest BCUT2D eigenvalue weighted by Crippen LogP contribution is 2.30. The molecular formula is C13H30BrN. The molecule has 0 spiro atoms. The van der Waals surface area contributed by atoms with Crippen molar-refractivity contribution in [3.8, 4) is 0 Å². The van der Waals surface area contributed by atoms with Crippen LogP contribution in [0.5, 0.6) is 0 Å². The first kappa shape index (κ1) is 17.8. The molecule has 0 fully saturated rings. The molecule has 0 heterocycles. The van der Waals surface area contributed by atoms with Crippen LogP contribution in [-0.4, -0.2) is 4.32 Å². The average Bonchev–Trinajstić information content (AvgIpc) is 2.09. The Balaban J connectivity index is 0. The molecule has 0 bridgehead atoms. The topological polar surface area (TPSA) is 35.0 Å². The van der Waals surface area contributed by atoms with Crippen LogP contribution in [0.1, 0.15) is 72.6 Å². The van der Waals surface area contributed by atoms with Crippen molar-refractivity contribution < 1.29 is 0 Å². The molecule has 0 amide bonds. The van der Waals surface area contributed by atoms with Gasteiger partial charge >= 0.3 is 0 Å². The van der Waals surface area contributed by atoms with Crippen LogP contribution in [0.25, 0.3) is 0 Å². The van der Waals surface area contributed by atoms with Gasteiger partial charge in [0.25, 0.3) is 0 Å². The van der Waals surface area contributed by atoms with Crippen LogP contribution in [0.2, 0.25) is 0 Å². The smallest absolute Gasteiger partial charge is 0.0227 e. The van der Waals surface area contributed by atoms with E-state index in [1.165, 1.54) is 44.9 Å². The average molecular weight is 280 g/mol. The van der Waals surface area contributed by atoms with Crippen LogP contribution in [0.4, 0.5) is 0 Å². The molecule has 0 saturated heterocycles. The fraction of sp³-hybridized carbons (Fsp3) is 1.00. The lowest BCUT2D eigenvalue weighted by Crippen LogP contribution is -2.20. The van der Waals surface area contributed by atoms with Gasteiger partial charge < -0.3 is 6.15 Å². The highest BCUT2D eigenvalue weighted by atomic mass is 79.9. The summed E-state index contributed by atoms with van der Waals surface area (Å²) in [5.41, 5.74) is 0. The Kier molecular flexibility index (Phi) is 11.5. The number of alkyl halides is 1. The van der Waals surface area contributed by atoms with Crippen LogP contribution < -0.4 is 6.15 Å². The third kappa shape index (κ3) is 10.7. The lowest BCUT2D eigenvalue weighted by molar-refractivity contribution is 0.414. The third-order valence-corrected chi connectivity index (χ3v) is 3.94. The summed E-state index contributed by atoms with van der Waals surface area (Å²) in [5.74, 6) is 0.786. The molecule has 2 heteroatoms. The summed E-state index contributed by atoms with van der Waals surface area (Å²) >= 11 is 3.74. The molecule has 0 aromatic heterocycles. The first-order valence-electron chi connectivity index (χ1n) is 6.17. The number of unbranched alkanes of at least 4 members (excludes halogenated alkanes) is 5. The van der Waals surface area contributed by atoms with E-state index in [1.54, 1.807) is 0 Å². The van der Waals surface area contributed by atoms with Crippen LogP contribution in [0.15, 0.2) is 0 Å². The zero-order valence-corrected chi connectivity index (χ0v) is 12.7. The maximum atomic E-state index is 3.74.